The van der Waals surface area contributed by atoms with E-state index in [-0.39, 0.29) is 0 Å². The van der Waals surface area contributed by atoms with Crippen LogP contribution in [0.15, 0.2) is 91.5 Å². The van der Waals surface area contributed by atoms with Gasteiger partial charge in [0.2, 0.25) is 0 Å². The summed E-state index contributed by atoms with van der Waals surface area (Å²) in [6.07, 6.45) is 5.11. The van der Waals surface area contributed by atoms with E-state index in [1.54, 1.807) is 0 Å². The van der Waals surface area contributed by atoms with Crippen LogP contribution in [0.1, 0.15) is 54.2 Å². The molecule has 3 rings (SSSR count). The molecule has 3 aromatic carbocycles. The van der Waals surface area contributed by atoms with Crippen LogP contribution in [0, 0.1) is 13.8 Å². The third-order valence-electron chi connectivity index (χ3n) is 5.25. The Bertz CT molecular complexity index is 1100. The third-order valence-corrected chi connectivity index (χ3v) is 5.25. The fourth-order valence-electron chi connectivity index (χ4n) is 3.65. The number of benzene rings is 3. The summed E-state index contributed by atoms with van der Waals surface area (Å²) >= 11 is 0. The Morgan fingerprint density at radius 2 is 1.19 bits per heavy atom. The lowest BCUT2D eigenvalue weighted by Gasteiger charge is -2.12. The Morgan fingerprint density at radius 1 is 0.742 bits per heavy atom. The molecule has 0 N–H and O–H groups in total. The zero-order valence-electron chi connectivity index (χ0n) is 19.3. The van der Waals surface area contributed by atoms with Crippen molar-refractivity contribution in [3.8, 4) is 0 Å². The SMILES string of the molecule is C=C(/C=C(/C)c1ccccc1C)c1ccc(/C(=C/C)c2ccccc2C)cc1.CC=O. The maximum atomic E-state index is 8.81. The van der Waals surface area contributed by atoms with Gasteiger partial charge in [-0.1, -0.05) is 91.5 Å². The molecule has 0 radical (unpaired) electrons. The number of hydrogen-bond acceptors (Lipinski definition) is 1. The second-order valence-corrected chi connectivity index (χ2v) is 7.50. The van der Waals surface area contributed by atoms with Crippen molar-refractivity contribution >= 4 is 23.0 Å². The van der Waals surface area contributed by atoms with E-state index in [1.807, 2.05) is 0 Å². The summed E-state index contributed by atoms with van der Waals surface area (Å²) in [5.74, 6) is 0. The number of rotatable bonds is 5. The average Bonchev–Trinajstić information content (AvgIpc) is 2.77. The highest BCUT2D eigenvalue weighted by molar-refractivity contribution is 5.85. The van der Waals surface area contributed by atoms with Gasteiger partial charge in [-0.25, -0.2) is 0 Å². The average molecular weight is 409 g/mol. The lowest BCUT2D eigenvalue weighted by molar-refractivity contribution is -0.106. The predicted octanol–water partition coefficient (Wildman–Crippen LogP) is 8.08. The maximum Gasteiger partial charge on any atom is 0.116 e. The largest absolute Gasteiger partial charge is 0.304 e. The summed E-state index contributed by atoms with van der Waals surface area (Å²) in [5, 5.41) is 0. The zero-order chi connectivity index (χ0) is 22.8. The van der Waals surface area contributed by atoms with Crippen LogP contribution < -0.4 is 0 Å². The van der Waals surface area contributed by atoms with E-state index in [2.05, 4.69) is 119 Å². The molecule has 3 aromatic rings. The fraction of sp³-hybridized carbons (Fsp3) is 0.167. The Kier molecular flexibility index (Phi) is 8.96. The molecular formula is C30H32O. The second-order valence-electron chi connectivity index (χ2n) is 7.50. The van der Waals surface area contributed by atoms with Gasteiger partial charge >= 0.3 is 0 Å². The Labute approximate surface area is 187 Å². The van der Waals surface area contributed by atoms with E-state index in [0.29, 0.717) is 0 Å². The highest BCUT2D eigenvalue weighted by Crippen LogP contribution is 2.28. The minimum Gasteiger partial charge on any atom is -0.304 e. The van der Waals surface area contributed by atoms with E-state index in [4.69, 9.17) is 4.79 Å². The molecule has 0 fully saturated rings. The van der Waals surface area contributed by atoms with Crippen LogP contribution in [0.5, 0.6) is 0 Å². The molecule has 1 heteroatoms. The van der Waals surface area contributed by atoms with Crippen molar-refractivity contribution in [3.05, 3.63) is 125 Å². The van der Waals surface area contributed by atoms with Gasteiger partial charge in [-0.15, -0.1) is 0 Å². The molecular weight excluding hydrogens is 376 g/mol. The standard InChI is InChI=1S/C28H28.C2H4O/c1-6-26(28-14-10-8-12-21(28)3)25-17-15-24(16-18-25)22(4)19-23(5)27-13-9-7-11-20(27)2;1-2-3/h6-19H,4H2,1-3,5H3;2H,1H3/b23-19-,26-6-;. The van der Waals surface area contributed by atoms with Crippen molar-refractivity contribution in [2.75, 3.05) is 0 Å². The van der Waals surface area contributed by atoms with Crippen LogP contribution in [0.3, 0.4) is 0 Å². The van der Waals surface area contributed by atoms with Crippen LogP contribution in [0.2, 0.25) is 0 Å². The van der Waals surface area contributed by atoms with Crippen molar-refractivity contribution in [3.63, 3.8) is 0 Å². The molecule has 0 aliphatic rings. The van der Waals surface area contributed by atoms with Crippen molar-refractivity contribution in [2.24, 2.45) is 0 Å². The summed E-state index contributed by atoms with van der Waals surface area (Å²) in [5.41, 5.74) is 11.1. The zero-order valence-corrected chi connectivity index (χ0v) is 19.3. The Hall–Kier alpha value is -3.45. The van der Waals surface area contributed by atoms with Crippen LogP contribution in [-0.2, 0) is 4.79 Å². The Balaban J connectivity index is 0.00000107. The van der Waals surface area contributed by atoms with E-state index < -0.39 is 0 Å². The summed E-state index contributed by atoms with van der Waals surface area (Å²) in [4.78, 5) is 8.81. The van der Waals surface area contributed by atoms with Crippen molar-refractivity contribution in [1.82, 2.24) is 0 Å². The number of hydrogen-bond donors (Lipinski definition) is 0. The normalized spacial score (nSPS) is 11.4. The molecule has 0 saturated carbocycles. The van der Waals surface area contributed by atoms with Gasteiger partial charge in [0, 0.05) is 0 Å². The molecule has 1 nitrogen and oxygen atoms in total. The molecule has 0 aliphatic carbocycles. The van der Waals surface area contributed by atoms with Gasteiger partial charge in [0.25, 0.3) is 0 Å². The first kappa shape index (κ1) is 23.8. The first-order valence-corrected chi connectivity index (χ1v) is 10.6. The minimum absolute atomic E-state index is 0.750. The number of carbonyl (C=O) groups is 1. The molecule has 0 saturated heterocycles. The second kappa shape index (κ2) is 11.7. The molecule has 0 unspecified atom stereocenters. The molecule has 0 atom stereocenters. The minimum atomic E-state index is 0.750. The first-order chi connectivity index (χ1) is 14.9. The van der Waals surface area contributed by atoms with Crippen LogP contribution in [0.4, 0.5) is 0 Å². The molecule has 0 aromatic heterocycles. The number of allylic oxidation sites excluding steroid dienone is 4. The van der Waals surface area contributed by atoms with Gasteiger partial charge in [-0.2, -0.15) is 0 Å². The summed E-state index contributed by atoms with van der Waals surface area (Å²) in [6, 6.07) is 25.7. The predicted molar refractivity (Wildman–Crippen MR) is 136 cm³/mol. The molecule has 0 aliphatic heterocycles. The molecule has 158 valence electrons. The lowest BCUT2D eigenvalue weighted by atomic mass is 9.92. The molecule has 0 spiro atoms. The van der Waals surface area contributed by atoms with Crippen LogP contribution in [-0.4, -0.2) is 6.29 Å². The van der Waals surface area contributed by atoms with Crippen molar-refractivity contribution in [2.45, 2.75) is 34.6 Å². The van der Waals surface area contributed by atoms with Gasteiger partial charge in [-0.3, -0.25) is 0 Å². The number of carbonyl (C=O) groups excluding carboxylic acids is 1. The van der Waals surface area contributed by atoms with E-state index in [9.17, 15) is 0 Å². The van der Waals surface area contributed by atoms with Crippen molar-refractivity contribution < 1.29 is 4.79 Å². The van der Waals surface area contributed by atoms with Gasteiger partial charge in [0.15, 0.2) is 0 Å². The topological polar surface area (TPSA) is 17.1 Å². The van der Waals surface area contributed by atoms with Crippen LogP contribution >= 0.6 is 0 Å². The quantitative estimate of drug-likeness (QED) is 0.308. The van der Waals surface area contributed by atoms with Crippen LogP contribution in [0.25, 0.3) is 16.7 Å². The Morgan fingerprint density at radius 3 is 1.68 bits per heavy atom. The van der Waals surface area contributed by atoms with Gasteiger partial charge in [-0.05, 0) is 84.7 Å². The van der Waals surface area contributed by atoms with E-state index in [1.165, 1.54) is 45.9 Å². The number of aldehydes is 1. The fourth-order valence-corrected chi connectivity index (χ4v) is 3.65. The molecule has 0 bridgehead atoms. The van der Waals surface area contributed by atoms with Gasteiger partial charge in [0.1, 0.15) is 6.29 Å². The maximum absolute atomic E-state index is 8.81. The monoisotopic (exact) mass is 408 g/mol. The van der Waals surface area contributed by atoms with Gasteiger partial charge < -0.3 is 4.79 Å². The van der Waals surface area contributed by atoms with Crippen molar-refractivity contribution in [1.29, 1.82) is 0 Å². The molecule has 0 amide bonds. The molecule has 31 heavy (non-hydrogen) atoms. The summed E-state index contributed by atoms with van der Waals surface area (Å²) < 4.78 is 0. The van der Waals surface area contributed by atoms with Gasteiger partial charge in [0.05, 0.1) is 0 Å². The third kappa shape index (κ3) is 6.26. The lowest BCUT2D eigenvalue weighted by Crippen LogP contribution is -1.92. The first-order valence-electron chi connectivity index (χ1n) is 10.6. The van der Waals surface area contributed by atoms with E-state index >= 15 is 0 Å². The highest BCUT2D eigenvalue weighted by Gasteiger charge is 2.07. The number of aryl methyl sites for hydroxylation is 2. The smallest absolute Gasteiger partial charge is 0.116 e. The van der Waals surface area contributed by atoms with E-state index in [0.717, 1.165) is 17.4 Å². The highest BCUT2D eigenvalue weighted by atomic mass is 16.1. The summed E-state index contributed by atoms with van der Waals surface area (Å²) in [6.45, 7) is 14.3. The summed E-state index contributed by atoms with van der Waals surface area (Å²) in [7, 11) is 0. The molecule has 0 heterocycles.